The lowest BCUT2D eigenvalue weighted by Gasteiger charge is -2.20. The van der Waals surface area contributed by atoms with Crippen LogP contribution in [0.5, 0.6) is 0 Å². The molecule has 0 aliphatic heterocycles. The summed E-state index contributed by atoms with van der Waals surface area (Å²) in [6, 6.07) is 4.14. The van der Waals surface area contributed by atoms with Crippen molar-refractivity contribution in [1.29, 1.82) is 0 Å². The SMILES string of the molecule is Cc1ccc(NCC(C)(C)C)c(C)n1. The fourth-order valence-corrected chi connectivity index (χ4v) is 1.23. The van der Waals surface area contributed by atoms with Crippen LogP contribution in [-0.4, -0.2) is 11.5 Å². The molecule has 14 heavy (non-hydrogen) atoms. The van der Waals surface area contributed by atoms with E-state index in [1.165, 1.54) is 0 Å². The molecule has 0 saturated heterocycles. The van der Waals surface area contributed by atoms with Crippen LogP contribution in [0.3, 0.4) is 0 Å². The summed E-state index contributed by atoms with van der Waals surface area (Å²) in [5, 5.41) is 3.42. The Bertz CT molecular complexity index is 311. The van der Waals surface area contributed by atoms with Gasteiger partial charge in [-0.2, -0.15) is 0 Å². The summed E-state index contributed by atoms with van der Waals surface area (Å²) in [5.41, 5.74) is 3.60. The summed E-state index contributed by atoms with van der Waals surface area (Å²) < 4.78 is 0. The van der Waals surface area contributed by atoms with Crippen molar-refractivity contribution >= 4 is 5.69 Å². The van der Waals surface area contributed by atoms with Crippen LogP contribution in [0.2, 0.25) is 0 Å². The second-order valence-electron chi connectivity index (χ2n) is 5.00. The number of nitrogens with zero attached hydrogens (tertiary/aromatic N) is 1. The maximum atomic E-state index is 4.41. The molecule has 1 heterocycles. The Kier molecular flexibility index (Phi) is 3.14. The molecule has 78 valence electrons. The zero-order valence-corrected chi connectivity index (χ0v) is 9.81. The largest absolute Gasteiger partial charge is 0.383 e. The van der Waals surface area contributed by atoms with Crippen LogP contribution in [0.25, 0.3) is 0 Å². The first-order valence-corrected chi connectivity index (χ1v) is 5.07. The van der Waals surface area contributed by atoms with E-state index in [9.17, 15) is 0 Å². The standard InChI is InChI=1S/C12H20N2/c1-9-6-7-11(10(2)14-9)13-8-12(3,4)5/h6-7,13H,8H2,1-5H3. The molecule has 1 aromatic rings. The van der Waals surface area contributed by atoms with Gasteiger partial charge in [-0.25, -0.2) is 0 Å². The highest BCUT2D eigenvalue weighted by molar-refractivity contribution is 5.47. The Morgan fingerprint density at radius 1 is 1.21 bits per heavy atom. The van der Waals surface area contributed by atoms with Gasteiger partial charge in [-0.15, -0.1) is 0 Å². The first-order chi connectivity index (χ1) is 6.38. The third kappa shape index (κ3) is 3.36. The van der Waals surface area contributed by atoms with Crippen molar-refractivity contribution in [2.24, 2.45) is 5.41 Å². The quantitative estimate of drug-likeness (QED) is 0.778. The lowest BCUT2D eigenvalue weighted by atomic mass is 9.97. The molecule has 0 fully saturated rings. The number of pyridine rings is 1. The minimum Gasteiger partial charge on any atom is -0.383 e. The Hall–Kier alpha value is -1.05. The molecule has 0 radical (unpaired) electrons. The maximum Gasteiger partial charge on any atom is 0.0606 e. The Morgan fingerprint density at radius 3 is 2.36 bits per heavy atom. The molecule has 0 saturated carbocycles. The van der Waals surface area contributed by atoms with Gasteiger partial charge in [0, 0.05) is 12.2 Å². The van der Waals surface area contributed by atoms with Crippen molar-refractivity contribution in [3.63, 3.8) is 0 Å². The van der Waals surface area contributed by atoms with Crippen molar-refractivity contribution < 1.29 is 0 Å². The summed E-state index contributed by atoms with van der Waals surface area (Å²) in [6.07, 6.45) is 0. The van der Waals surface area contributed by atoms with Gasteiger partial charge in [0.25, 0.3) is 0 Å². The van der Waals surface area contributed by atoms with Crippen LogP contribution in [0.4, 0.5) is 5.69 Å². The number of anilines is 1. The van der Waals surface area contributed by atoms with Gasteiger partial charge < -0.3 is 5.32 Å². The third-order valence-corrected chi connectivity index (χ3v) is 2.03. The van der Waals surface area contributed by atoms with Gasteiger partial charge >= 0.3 is 0 Å². The lowest BCUT2D eigenvalue weighted by Crippen LogP contribution is -2.19. The fraction of sp³-hybridized carbons (Fsp3) is 0.583. The molecule has 0 unspecified atom stereocenters. The van der Waals surface area contributed by atoms with Crippen LogP contribution in [0.15, 0.2) is 12.1 Å². The van der Waals surface area contributed by atoms with E-state index in [2.05, 4.69) is 37.1 Å². The second-order valence-corrected chi connectivity index (χ2v) is 5.00. The molecular weight excluding hydrogens is 172 g/mol. The summed E-state index contributed by atoms with van der Waals surface area (Å²) >= 11 is 0. The minimum absolute atomic E-state index is 0.303. The average molecular weight is 192 g/mol. The number of rotatable bonds is 2. The topological polar surface area (TPSA) is 24.9 Å². The maximum absolute atomic E-state index is 4.41. The summed E-state index contributed by atoms with van der Waals surface area (Å²) in [5.74, 6) is 0. The van der Waals surface area contributed by atoms with Gasteiger partial charge in [0.15, 0.2) is 0 Å². The van der Waals surface area contributed by atoms with Crippen LogP contribution < -0.4 is 5.32 Å². The fourth-order valence-electron chi connectivity index (χ4n) is 1.23. The highest BCUT2D eigenvalue weighted by Gasteiger charge is 2.10. The van der Waals surface area contributed by atoms with E-state index >= 15 is 0 Å². The van der Waals surface area contributed by atoms with Gasteiger partial charge in [-0.05, 0) is 31.4 Å². The third-order valence-electron chi connectivity index (χ3n) is 2.03. The Morgan fingerprint density at radius 2 is 1.86 bits per heavy atom. The van der Waals surface area contributed by atoms with E-state index in [-0.39, 0.29) is 0 Å². The number of aryl methyl sites for hydroxylation is 2. The molecule has 2 nitrogen and oxygen atoms in total. The van der Waals surface area contributed by atoms with Gasteiger partial charge in [0.1, 0.15) is 0 Å². The Labute approximate surface area is 86.8 Å². The molecule has 1 rings (SSSR count). The van der Waals surface area contributed by atoms with Gasteiger partial charge in [-0.3, -0.25) is 4.98 Å². The molecule has 0 aliphatic carbocycles. The number of hydrogen-bond acceptors (Lipinski definition) is 2. The van der Waals surface area contributed by atoms with Gasteiger partial charge in [0.2, 0.25) is 0 Å². The molecule has 2 heteroatoms. The van der Waals surface area contributed by atoms with Crippen molar-refractivity contribution in [1.82, 2.24) is 4.98 Å². The van der Waals surface area contributed by atoms with Crippen LogP contribution in [0, 0.1) is 19.3 Å². The molecule has 0 aromatic carbocycles. The molecule has 0 bridgehead atoms. The molecular formula is C12H20N2. The monoisotopic (exact) mass is 192 g/mol. The van der Waals surface area contributed by atoms with E-state index in [4.69, 9.17) is 0 Å². The summed E-state index contributed by atoms with van der Waals surface area (Å²) in [6.45, 7) is 11.7. The molecule has 1 aromatic heterocycles. The lowest BCUT2D eigenvalue weighted by molar-refractivity contribution is 0.443. The molecule has 0 amide bonds. The van der Waals surface area contributed by atoms with E-state index < -0.39 is 0 Å². The van der Waals surface area contributed by atoms with Crippen LogP contribution >= 0.6 is 0 Å². The van der Waals surface area contributed by atoms with E-state index in [1.807, 2.05) is 19.9 Å². The van der Waals surface area contributed by atoms with E-state index in [1.54, 1.807) is 0 Å². The predicted molar refractivity (Wildman–Crippen MR) is 61.7 cm³/mol. The number of aromatic nitrogens is 1. The average Bonchev–Trinajstić information content (AvgIpc) is 2.00. The van der Waals surface area contributed by atoms with Crippen molar-refractivity contribution in [3.05, 3.63) is 23.5 Å². The van der Waals surface area contributed by atoms with Gasteiger partial charge in [0.05, 0.1) is 11.4 Å². The smallest absolute Gasteiger partial charge is 0.0606 e. The molecule has 0 spiro atoms. The molecule has 0 aliphatic rings. The number of nitrogens with one attached hydrogen (secondary N) is 1. The second kappa shape index (κ2) is 3.99. The normalized spacial score (nSPS) is 11.5. The predicted octanol–water partition coefficient (Wildman–Crippen LogP) is 3.16. The zero-order chi connectivity index (χ0) is 10.8. The zero-order valence-electron chi connectivity index (χ0n) is 9.81. The first kappa shape index (κ1) is 11.0. The van der Waals surface area contributed by atoms with Gasteiger partial charge in [-0.1, -0.05) is 20.8 Å². The van der Waals surface area contributed by atoms with Crippen molar-refractivity contribution in [2.45, 2.75) is 34.6 Å². The summed E-state index contributed by atoms with van der Waals surface area (Å²) in [4.78, 5) is 4.41. The first-order valence-electron chi connectivity index (χ1n) is 5.07. The summed E-state index contributed by atoms with van der Waals surface area (Å²) in [7, 11) is 0. The molecule has 0 atom stereocenters. The van der Waals surface area contributed by atoms with E-state index in [0.717, 1.165) is 23.6 Å². The van der Waals surface area contributed by atoms with Crippen molar-refractivity contribution in [2.75, 3.05) is 11.9 Å². The number of hydrogen-bond donors (Lipinski definition) is 1. The van der Waals surface area contributed by atoms with Crippen LogP contribution in [-0.2, 0) is 0 Å². The molecule has 1 N–H and O–H groups in total. The minimum atomic E-state index is 0.303. The van der Waals surface area contributed by atoms with E-state index in [0.29, 0.717) is 5.41 Å². The highest BCUT2D eigenvalue weighted by atomic mass is 14.9. The Balaban J connectivity index is 2.68. The van der Waals surface area contributed by atoms with Crippen LogP contribution in [0.1, 0.15) is 32.2 Å². The highest BCUT2D eigenvalue weighted by Crippen LogP contribution is 2.17. The van der Waals surface area contributed by atoms with Crippen molar-refractivity contribution in [3.8, 4) is 0 Å².